The van der Waals surface area contributed by atoms with Crippen molar-refractivity contribution in [3.63, 3.8) is 0 Å². The summed E-state index contributed by atoms with van der Waals surface area (Å²) in [6.07, 6.45) is 7.29. The molecule has 0 aliphatic carbocycles. The minimum Gasteiger partial charge on any atom is -0.381 e. The molecule has 3 fully saturated rings. The number of aromatic nitrogens is 2. The zero-order valence-corrected chi connectivity index (χ0v) is 14.5. The number of hydrogen-bond acceptors (Lipinski definition) is 7. The van der Waals surface area contributed by atoms with E-state index < -0.39 is 0 Å². The summed E-state index contributed by atoms with van der Waals surface area (Å²) >= 11 is 2.05. The topological polar surface area (TPSA) is 71.3 Å². The Labute approximate surface area is 146 Å². The first-order valence-corrected chi connectivity index (χ1v) is 9.55. The van der Waals surface area contributed by atoms with Gasteiger partial charge in [-0.2, -0.15) is 5.26 Å². The number of rotatable bonds is 4. The molecule has 0 aromatic carbocycles. The van der Waals surface area contributed by atoms with Crippen molar-refractivity contribution in [3.8, 4) is 6.07 Å². The lowest BCUT2D eigenvalue weighted by molar-refractivity contribution is -0.00650. The van der Waals surface area contributed by atoms with Gasteiger partial charge in [0.15, 0.2) is 0 Å². The molecule has 1 aromatic heterocycles. The van der Waals surface area contributed by atoms with Gasteiger partial charge in [-0.05, 0) is 25.2 Å². The monoisotopic (exact) mass is 346 g/mol. The number of thioether (sulfide) groups is 1. The molecule has 1 spiro atoms. The smallest absolute Gasteiger partial charge is 0.232 e. The van der Waals surface area contributed by atoms with Gasteiger partial charge in [0, 0.05) is 38.7 Å². The molecular formula is C17H22N4O2S. The van der Waals surface area contributed by atoms with Crippen LogP contribution in [-0.2, 0) is 9.47 Å². The molecule has 4 heterocycles. The quantitative estimate of drug-likeness (QED) is 0.824. The molecule has 1 atom stereocenters. The molecule has 0 N–H and O–H groups in total. The number of anilines is 1. The van der Waals surface area contributed by atoms with E-state index in [2.05, 4.69) is 14.9 Å². The first-order chi connectivity index (χ1) is 11.8. The predicted octanol–water partition coefficient (Wildman–Crippen LogP) is 1.86. The Hall–Kier alpha value is -1.36. The molecule has 3 saturated heterocycles. The highest BCUT2D eigenvalue weighted by Crippen LogP contribution is 2.47. The van der Waals surface area contributed by atoms with Crippen LogP contribution in [0.15, 0.2) is 12.4 Å². The Bertz CT molecular complexity index is 606. The SMILES string of the molecule is N#Cc1ncc(N2CC3(C[C@H](OCC4CCOCC4)CS3)C2)cn1. The van der Waals surface area contributed by atoms with E-state index in [9.17, 15) is 0 Å². The van der Waals surface area contributed by atoms with E-state index in [1.165, 1.54) is 0 Å². The molecule has 7 heteroatoms. The standard InChI is InChI=1S/C17H22N4O2S/c18-6-16-19-7-14(8-20-16)21-11-17(12-21)5-15(10-24-17)23-9-13-1-3-22-4-2-13/h7-8,13,15H,1-5,9-12H2/t15-/m0/s1. The van der Waals surface area contributed by atoms with Crippen LogP contribution in [0.5, 0.6) is 0 Å². The summed E-state index contributed by atoms with van der Waals surface area (Å²) in [5.74, 6) is 2.00. The van der Waals surface area contributed by atoms with Gasteiger partial charge in [-0.15, -0.1) is 11.8 Å². The van der Waals surface area contributed by atoms with E-state index >= 15 is 0 Å². The molecule has 0 radical (unpaired) electrons. The van der Waals surface area contributed by atoms with Crippen LogP contribution in [0.1, 0.15) is 25.1 Å². The lowest BCUT2D eigenvalue weighted by atomic mass is 9.92. The Morgan fingerprint density at radius 3 is 2.79 bits per heavy atom. The van der Waals surface area contributed by atoms with E-state index in [0.29, 0.717) is 16.8 Å². The van der Waals surface area contributed by atoms with Crippen molar-refractivity contribution in [2.45, 2.75) is 30.1 Å². The third-order valence-electron chi connectivity index (χ3n) is 5.14. The highest BCUT2D eigenvalue weighted by Gasteiger charge is 2.49. The molecule has 1 aromatic rings. The van der Waals surface area contributed by atoms with E-state index in [-0.39, 0.29) is 5.82 Å². The van der Waals surface area contributed by atoms with Crippen LogP contribution in [0.25, 0.3) is 0 Å². The maximum Gasteiger partial charge on any atom is 0.232 e. The van der Waals surface area contributed by atoms with Gasteiger partial charge in [0.2, 0.25) is 5.82 Å². The van der Waals surface area contributed by atoms with Crippen molar-refractivity contribution >= 4 is 17.4 Å². The Balaban J connectivity index is 1.24. The second kappa shape index (κ2) is 6.87. The van der Waals surface area contributed by atoms with E-state index in [1.54, 1.807) is 12.4 Å². The van der Waals surface area contributed by atoms with Crippen LogP contribution < -0.4 is 4.90 Å². The van der Waals surface area contributed by atoms with Gasteiger partial charge in [0.05, 0.1) is 28.9 Å². The summed E-state index contributed by atoms with van der Waals surface area (Å²) in [5, 5.41) is 8.77. The van der Waals surface area contributed by atoms with Gasteiger partial charge >= 0.3 is 0 Å². The molecule has 0 amide bonds. The molecule has 0 bridgehead atoms. The van der Waals surface area contributed by atoms with Crippen LogP contribution in [0.2, 0.25) is 0 Å². The van der Waals surface area contributed by atoms with Crippen molar-refractivity contribution in [2.75, 3.05) is 43.6 Å². The summed E-state index contributed by atoms with van der Waals surface area (Å²) in [7, 11) is 0. The average Bonchev–Trinajstić information content (AvgIpc) is 3.04. The largest absolute Gasteiger partial charge is 0.381 e. The maximum atomic E-state index is 8.77. The highest BCUT2D eigenvalue weighted by molar-refractivity contribution is 8.01. The summed E-state index contributed by atoms with van der Waals surface area (Å²) in [4.78, 5) is 10.4. The number of ether oxygens (including phenoxy) is 2. The minimum absolute atomic E-state index is 0.228. The first kappa shape index (κ1) is 16.1. The van der Waals surface area contributed by atoms with Crippen LogP contribution in [0.4, 0.5) is 5.69 Å². The highest BCUT2D eigenvalue weighted by atomic mass is 32.2. The zero-order valence-electron chi connectivity index (χ0n) is 13.7. The fourth-order valence-electron chi connectivity index (χ4n) is 3.69. The second-order valence-corrected chi connectivity index (χ2v) is 8.43. The van der Waals surface area contributed by atoms with Gasteiger partial charge in [-0.3, -0.25) is 0 Å². The zero-order chi connectivity index (χ0) is 16.4. The number of nitrogens with zero attached hydrogens (tertiary/aromatic N) is 4. The van der Waals surface area contributed by atoms with Crippen LogP contribution in [-0.4, -0.2) is 59.5 Å². The van der Waals surface area contributed by atoms with Gasteiger partial charge in [0.1, 0.15) is 6.07 Å². The fraction of sp³-hybridized carbons (Fsp3) is 0.706. The fourth-order valence-corrected chi connectivity index (χ4v) is 5.24. The second-order valence-electron chi connectivity index (χ2n) is 6.94. The third-order valence-corrected chi connectivity index (χ3v) is 6.72. The summed E-state index contributed by atoms with van der Waals surface area (Å²) in [5.41, 5.74) is 1.01. The Morgan fingerprint density at radius 1 is 1.33 bits per heavy atom. The third kappa shape index (κ3) is 3.37. The van der Waals surface area contributed by atoms with Crippen LogP contribution in [0, 0.1) is 17.2 Å². The summed E-state index contributed by atoms with van der Waals surface area (Å²) in [6, 6.07) is 1.96. The van der Waals surface area contributed by atoms with Crippen molar-refractivity contribution < 1.29 is 9.47 Å². The van der Waals surface area contributed by atoms with Crippen molar-refractivity contribution in [1.29, 1.82) is 5.26 Å². The van der Waals surface area contributed by atoms with Crippen molar-refractivity contribution in [3.05, 3.63) is 18.2 Å². The number of hydrogen-bond donors (Lipinski definition) is 0. The molecule has 0 saturated carbocycles. The van der Waals surface area contributed by atoms with Gasteiger partial charge in [-0.25, -0.2) is 9.97 Å². The Kier molecular flexibility index (Phi) is 4.61. The molecule has 6 nitrogen and oxygen atoms in total. The molecule has 128 valence electrons. The molecular weight excluding hydrogens is 324 g/mol. The molecule has 24 heavy (non-hydrogen) atoms. The van der Waals surface area contributed by atoms with E-state index in [0.717, 1.165) is 63.6 Å². The maximum absolute atomic E-state index is 8.77. The first-order valence-electron chi connectivity index (χ1n) is 8.57. The Morgan fingerprint density at radius 2 is 2.08 bits per heavy atom. The van der Waals surface area contributed by atoms with Gasteiger partial charge in [0.25, 0.3) is 0 Å². The van der Waals surface area contributed by atoms with Gasteiger partial charge in [-0.1, -0.05) is 0 Å². The van der Waals surface area contributed by atoms with E-state index in [4.69, 9.17) is 14.7 Å². The average molecular weight is 346 g/mol. The molecule has 3 aliphatic heterocycles. The predicted molar refractivity (Wildman–Crippen MR) is 92.0 cm³/mol. The summed E-state index contributed by atoms with van der Waals surface area (Å²) < 4.78 is 11.9. The lowest BCUT2D eigenvalue weighted by Crippen LogP contribution is -2.59. The molecule has 3 aliphatic rings. The minimum atomic E-state index is 0.228. The van der Waals surface area contributed by atoms with E-state index in [1.807, 2.05) is 17.8 Å². The van der Waals surface area contributed by atoms with Gasteiger partial charge < -0.3 is 14.4 Å². The molecule has 0 unspecified atom stereocenters. The van der Waals surface area contributed by atoms with Crippen molar-refractivity contribution in [1.82, 2.24) is 9.97 Å². The van der Waals surface area contributed by atoms with Crippen LogP contribution >= 0.6 is 11.8 Å². The normalized spacial score (nSPS) is 26.3. The van der Waals surface area contributed by atoms with Crippen LogP contribution in [0.3, 0.4) is 0 Å². The van der Waals surface area contributed by atoms with Crippen molar-refractivity contribution in [2.24, 2.45) is 5.92 Å². The molecule has 4 rings (SSSR count). The lowest BCUT2D eigenvalue weighted by Gasteiger charge is -2.48. The number of nitriles is 1. The summed E-state index contributed by atoms with van der Waals surface area (Å²) in [6.45, 7) is 4.70.